The standard InChI is InChI=1S/C24H30N2/c1-24(2,3)16-25-14-13-22-20(15-25)19-9-6-8-18-12-11-17-7-4-5-10-21(17)26(22)23(18)19/h4-10,20,22H,11-16H2,1-3H3/t20-,22+/m0/s1. The van der Waals surface area contributed by atoms with Crippen LogP contribution in [0.15, 0.2) is 42.5 Å². The number of hydrogen-bond donors (Lipinski definition) is 0. The SMILES string of the molecule is CC(C)(C)CN1CC[C@@H]2[C@@H](C1)c1cccc3c1N2c1ccccc1CC3. The molecule has 2 nitrogen and oxygen atoms in total. The molecular formula is C24H30N2. The second kappa shape index (κ2) is 5.85. The van der Waals surface area contributed by atoms with E-state index in [1.165, 1.54) is 43.7 Å². The third-order valence-corrected chi connectivity index (χ3v) is 6.40. The number of piperidine rings is 1. The minimum absolute atomic E-state index is 0.369. The van der Waals surface area contributed by atoms with Gasteiger partial charge in [0.05, 0.1) is 0 Å². The highest BCUT2D eigenvalue weighted by Crippen LogP contribution is 2.52. The average molecular weight is 347 g/mol. The van der Waals surface area contributed by atoms with Crippen LogP contribution in [0.4, 0.5) is 11.4 Å². The molecule has 0 saturated carbocycles. The zero-order valence-corrected chi connectivity index (χ0v) is 16.3. The molecule has 0 aliphatic carbocycles. The largest absolute Gasteiger partial charge is 0.337 e. The van der Waals surface area contributed by atoms with Gasteiger partial charge >= 0.3 is 0 Å². The predicted molar refractivity (Wildman–Crippen MR) is 109 cm³/mol. The van der Waals surface area contributed by atoms with E-state index >= 15 is 0 Å². The number of nitrogens with zero attached hydrogens (tertiary/aromatic N) is 2. The quantitative estimate of drug-likeness (QED) is 0.705. The molecule has 2 heteroatoms. The Morgan fingerprint density at radius 1 is 0.962 bits per heavy atom. The van der Waals surface area contributed by atoms with E-state index in [9.17, 15) is 0 Å². The lowest BCUT2D eigenvalue weighted by Gasteiger charge is -2.41. The van der Waals surface area contributed by atoms with Crippen molar-refractivity contribution in [2.45, 2.75) is 52.0 Å². The van der Waals surface area contributed by atoms with E-state index < -0.39 is 0 Å². The van der Waals surface area contributed by atoms with Crippen LogP contribution in [-0.2, 0) is 12.8 Å². The van der Waals surface area contributed by atoms with E-state index in [2.05, 4.69) is 73.0 Å². The molecule has 0 amide bonds. The van der Waals surface area contributed by atoms with Gasteiger partial charge in [-0.1, -0.05) is 57.2 Å². The fraction of sp³-hybridized carbons (Fsp3) is 0.500. The molecule has 0 bridgehead atoms. The number of anilines is 2. The van der Waals surface area contributed by atoms with Crippen molar-refractivity contribution in [1.82, 2.24) is 4.90 Å². The van der Waals surface area contributed by atoms with Gasteiger partial charge in [-0.2, -0.15) is 0 Å². The fourth-order valence-electron chi connectivity index (χ4n) is 5.53. The summed E-state index contributed by atoms with van der Waals surface area (Å²) in [5.74, 6) is 0.646. The van der Waals surface area contributed by atoms with Crippen LogP contribution in [0.25, 0.3) is 0 Å². The Hall–Kier alpha value is -1.80. The van der Waals surface area contributed by atoms with Crippen molar-refractivity contribution in [2.24, 2.45) is 5.41 Å². The lowest BCUT2D eigenvalue weighted by Crippen LogP contribution is -2.47. The number of para-hydroxylation sites is 2. The van der Waals surface area contributed by atoms with Crippen LogP contribution in [0.5, 0.6) is 0 Å². The van der Waals surface area contributed by atoms with Gasteiger partial charge in [-0.25, -0.2) is 0 Å². The first-order valence-corrected chi connectivity index (χ1v) is 10.2. The Bertz CT molecular complexity index is 832. The maximum absolute atomic E-state index is 2.73. The molecule has 3 heterocycles. The molecule has 1 saturated heterocycles. The van der Waals surface area contributed by atoms with E-state index in [-0.39, 0.29) is 0 Å². The summed E-state index contributed by atoms with van der Waals surface area (Å²) in [6, 6.07) is 16.8. The van der Waals surface area contributed by atoms with E-state index in [1.54, 1.807) is 16.8 Å². The molecule has 0 N–H and O–H groups in total. The molecule has 26 heavy (non-hydrogen) atoms. The molecule has 3 aliphatic rings. The normalized spacial score (nSPS) is 24.7. The topological polar surface area (TPSA) is 6.48 Å². The van der Waals surface area contributed by atoms with Gasteiger partial charge < -0.3 is 9.80 Å². The van der Waals surface area contributed by atoms with Gasteiger partial charge in [-0.05, 0) is 47.4 Å². The number of aryl methyl sites for hydroxylation is 2. The monoisotopic (exact) mass is 346 g/mol. The van der Waals surface area contributed by atoms with Gasteiger partial charge in [-0.15, -0.1) is 0 Å². The highest BCUT2D eigenvalue weighted by Gasteiger charge is 2.44. The molecule has 2 aromatic rings. The molecule has 3 aliphatic heterocycles. The molecule has 0 unspecified atom stereocenters. The van der Waals surface area contributed by atoms with Crippen LogP contribution < -0.4 is 4.90 Å². The van der Waals surface area contributed by atoms with Gasteiger partial charge in [0.1, 0.15) is 0 Å². The van der Waals surface area contributed by atoms with E-state index in [1.807, 2.05) is 0 Å². The number of hydrogen-bond acceptors (Lipinski definition) is 2. The maximum atomic E-state index is 2.73. The second-order valence-corrected chi connectivity index (χ2v) is 9.61. The highest BCUT2D eigenvalue weighted by atomic mass is 15.2. The fourth-order valence-corrected chi connectivity index (χ4v) is 5.53. The molecule has 2 aromatic carbocycles. The van der Waals surface area contributed by atoms with Gasteiger partial charge in [0, 0.05) is 43.0 Å². The van der Waals surface area contributed by atoms with Crippen LogP contribution in [0.3, 0.4) is 0 Å². The summed E-state index contributed by atoms with van der Waals surface area (Å²) in [4.78, 5) is 5.44. The first-order valence-electron chi connectivity index (χ1n) is 10.2. The minimum atomic E-state index is 0.369. The summed E-state index contributed by atoms with van der Waals surface area (Å²) in [5, 5.41) is 0. The van der Waals surface area contributed by atoms with Gasteiger partial charge in [0.25, 0.3) is 0 Å². The lowest BCUT2D eigenvalue weighted by atomic mass is 9.86. The van der Waals surface area contributed by atoms with Crippen molar-refractivity contribution in [3.05, 3.63) is 59.2 Å². The Kier molecular flexibility index (Phi) is 3.69. The van der Waals surface area contributed by atoms with Crippen molar-refractivity contribution in [2.75, 3.05) is 24.5 Å². The summed E-state index contributed by atoms with van der Waals surface area (Å²) in [6.45, 7) is 10.7. The third kappa shape index (κ3) is 2.58. The smallest absolute Gasteiger partial charge is 0.0483 e. The molecule has 0 spiro atoms. The predicted octanol–water partition coefficient (Wildman–Crippen LogP) is 5.14. The van der Waals surface area contributed by atoms with Crippen molar-refractivity contribution in [1.29, 1.82) is 0 Å². The summed E-state index contributed by atoms with van der Waals surface area (Å²) >= 11 is 0. The van der Waals surface area contributed by atoms with Gasteiger partial charge in [-0.3, -0.25) is 0 Å². The van der Waals surface area contributed by atoms with E-state index in [0.29, 0.717) is 17.4 Å². The van der Waals surface area contributed by atoms with Crippen LogP contribution in [-0.4, -0.2) is 30.6 Å². The van der Waals surface area contributed by atoms with Crippen molar-refractivity contribution in [3.63, 3.8) is 0 Å². The Labute approximate surface area is 157 Å². The number of likely N-dealkylation sites (tertiary alicyclic amines) is 1. The number of fused-ring (bicyclic) bond motifs is 5. The first kappa shape index (κ1) is 16.4. The summed E-state index contributed by atoms with van der Waals surface area (Å²) in [5.41, 5.74) is 8.06. The molecule has 0 aromatic heterocycles. The van der Waals surface area contributed by atoms with Crippen molar-refractivity contribution >= 4 is 11.4 Å². The maximum Gasteiger partial charge on any atom is 0.0483 e. The molecular weight excluding hydrogens is 316 g/mol. The first-order chi connectivity index (χ1) is 12.5. The second-order valence-electron chi connectivity index (χ2n) is 9.61. The van der Waals surface area contributed by atoms with Crippen LogP contribution >= 0.6 is 0 Å². The van der Waals surface area contributed by atoms with E-state index in [0.717, 1.165) is 6.42 Å². The summed E-state index contributed by atoms with van der Waals surface area (Å²) in [7, 11) is 0. The Morgan fingerprint density at radius 3 is 2.58 bits per heavy atom. The highest BCUT2D eigenvalue weighted by molar-refractivity contribution is 5.79. The van der Waals surface area contributed by atoms with Crippen LogP contribution in [0.2, 0.25) is 0 Å². The molecule has 2 atom stereocenters. The Morgan fingerprint density at radius 2 is 1.73 bits per heavy atom. The molecule has 0 radical (unpaired) electrons. The average Bonchev–Trinajstić information content (AvgIpc) is 2.82. The van der Waals surface area contributed by atoms with Gasteiger partial charge in [0.2, 0.25) is 0 Å². The van der Waals surface area contributed by atoms with Gasteiger partial charge in [0.15, 0.2) is 0 Å². The van der Waals surface area contributed by atoms with Crippen LogP contribution in [0, 0.1) is 5.41 Å². The zero-order valence-electron chi connectivity index (χ0n) is 16.3. The summed E-state index contributed by atoms with van der Waals surface area (Å²) in [6.07, 6.45) is 3.60. The third-order valence-electron chi connectivity index (χ3n) is 6.40. The van der Waals surface area contributed by atoms with E-state index in [4.69, 9.17) is 0 Å². The van der Waals surface area contributed by atoms with Crippen molar-refractivity contribution in [3.8, 4) is 0 Å². The molecule has 1 fully saturated rings. The Balaban J connectivity index is 1.58. The van der Waals surface area contributed by atoms with Crippen LogP contribution in [0.1, 0.15) is 49.8 Å². The number of rotatable bonds is 1. The molecule has 5 rings (SSSR count). The number of benzene rings is 2. The zero-order chi connectivity index (χ0) is 17.9. The lowest BCUT2D eigenvalue weighted by molar-refractivity contribution is 0.144. The van der Waals surface area contributed by atoms with Crippen molar-refractivity contribution < 1.29 is 0 Å². The minimum Gasteiger partial charge on any atom is -0.337 e. The molecule has 136 valence electrons. The summed E-state index contributed by atoms with van der Waals surface area (Å²) < 4.78 is 0.